The molecule has 1 fully saturated rings. The fourth-order valence-corrected chi connectivity index (χ4v) is 2.98. The van der Waals surface area contributed by atoms with E-state index in [9.17, 15) is 4.79 Å². The van der Waals surface area contributed by atoms with E-state index in [0.717, 1.165) is 18.7 Å². The zero-order valence-electron chi connectivity index (χ0n) is 13.4. The average molecular weight is 317 g/mol. The number of nitrogens with one attached hydrogen (secondary N) is 1. The van der Waals surface area contributed by atoms with Gasteiger partial charge >= 0.3 is 0 Å². The summed E-state index contributed by atoms with van der Waals surface area (Å²) in [5.41, 5.74) is 0. The van der Waals surface area contributed by atoms with Crippen LogP contribution < -0.4 is 5.32 Å². The van der Waals surface area contributed by atoms with Crippen molar-refractivity contribution >= 4 is 5.91 Å². The number of hydrogen-bond donors (Lipinski definition) is 1. The van der Waals surface area contributed by atoms with Gasteiger partial charge in [0, 0.05) is 18.3 Å². The zero-order valence-corrected chi connectivity index (χ0v) is 13.4. The summed E-state index contributed by atoms with van der Waals surface area (Å²) in [5.74, 6) is 1.47. The third kappa shape index (κ3) is 4.18. The number of carbonyl (C=O) groups is 1. The number of rotatable bonds is 6. The summed E-state index contributed by atoms with van der Waals surface area (Å²) in [6.45, 7) is 2.70. The van der Waals surface area contributed by atoms with Gasteiger partial charge in [-0.05, 0) is 18.9 Å². The van der Waals surface area contributed by atoms with E-state index >= 15 is 0 Å². The lowest BCUT2D eigenvalue weighted by atomic mass is 9.89. The molecule has 0 saturated heterocycles. The van der Waals surface area contributed by atoms with Crippen molar-refractivity contribution in [3.8, 4) is 0 Å². The van der Waals surface area contributed by atoms with Crippen molar-refractivity contribution in [1.29, 1.82) is 0 Å². The number of amides is 1. The molecule has 0 bridgehead atoms. The first-order chi connectivity index (χ1) is 11.2. The molecule has 0 unspecified atom stereocenters. The minimum absolute atomic E-state index is 0.0436. The first-order valence-corrected chi connectivity index (χ1v) is 8.30. The van der Waals surface area contributed by atoms with E-state index < -0.39 is 0 Å². The third-order valence-corrected chi connectivity index (χ3v) is 4.34. The van der Waals surface area contributed by atoms with Gasteiger partial charge in [-0.15, -0.1) is 0 Å². The molecule has 1 aliphatic rings. The van der Waals surface area contributed by atoms with Crippen LogP contribution in [-0.2, 0) is 17.9 Å². The van der Waals surface area contributed by atoms with E-state index in [1.54, 1.807) is 10.9 Å². The summed E-state index contributed by atoms with van der Waals surface area (Å²) in [5, 5.41) is 11.0. The highest BCUT2D eigenvalue weighted by Crippen LogP contribution is 2.30. The van der Waals surface area contributed by atoms with Crippen LogP contribution in [0.2, 0.25) is 0 Å². The molecule has 3 rings (SSSR count). The van der Waals surface area contributed by atoms with Crippen molar-refractivity contribution in [3.05, 3.63) is 30.2 Å². The van der Waals surface area contributed by atoms with Crippen LogP contribution in [-0.4, -0.2) is 25.8 Å². The van der Waals surface area contributed by atoms with Gasteiger partial charge < -0.3 is 9.84 Å². The quantitative estimate of drug-likeness (QED) is 0.883. The van der Waals surface area contributed by atoms with E-state index in [2.05, 4.69) is 20.6 Å². The molecule has 1 N–H and O–H groups in total. The van der Waals surface area contributed by atoms with E-state index in [-0.39, 0.29) is 18.4 Å². The first-order valence-electron chi connectivity index (χ1n) is 8.30. The van der Waals surface area contributed by atoms with Crippen LogP contribution in [0.25, 0.3) is 0 Å². The number of aromatic nitrogens is 4. The van der Waals surface area contributed by atoms with Crippen LogP contribution in [0.5, 0.6) is 0 Å². The van der Waals surface area contributed by atoms with Gasteiger partial charge in [-0.1, -0.05) is 31.3 Å². The van der Waals surface area contributed by atoms with Crippen LogP contribution >= 0.6 is 0 Å². The topological polar surface area (TPSA) is 85.8 Å². The molecule has 1 aliphatic carbocycles. The maximum absolute atomic E-state index is 12.1. The summed E-state index contributed by atoms with van der Waals surface area (Å²) in [7, 11) is 0. The Balaban J connectivity index is 1.48. The van der Waals surface area contributed by atoms with Gasteiger partial charge in [0.1, 0.15) is 0 Å². The van der Waals surface area contributed by atoms with Crippen LogP contribution in [0.15, 0.2) is 23.0 Å². The Bertz CT molecular complexity index is 616. The maximum atomic E-state index is 12.1. The van der Waals surface area contributed by atoms with Crippen molar-refractivity contribution in [2.75, 3.05) is 0 Å². The molecule has 1 amide bonds. The Hall–Kier alpha value is -2.18. The number of nitrogens with zero attached hydrogens (tertiary/aromatic N) is 4. The molecular formula is C16H23N5O2. The Labute approximate surface area is 135 Å². The lowest BCUT2D eigenvalue weighted by molar-refractivity contribution is -0.125. The first kappa shape index (κ1) is 15.7. The van der Waals surface area contributed by atoms with Crippen molar-refractivity contribution < 1.29 is 9.32 Å². The Morgan fingerprint density at radius 3 is 3.00 bits per heavy atom. The van der Waals surface area contributed by atoms with Crippen molar-refractivity contribution in [2.24, 2.45) is 5.92 Å². The summed E-state index contributed by atoms with van der Waals surface area (Å²) >= 11 is 0. The average Bonchev–Trinajstić information content (AvgIpc) is 3.25. The van der Waals surface area contributed by atoms with Gasteiger partial charge in [-0.2, -0.15) is 10.1 Å². The smallest absolute Gasteiger partial charge is 0.246 e. The predicted octanol–water partition coefficient (Wildman–Crippen LogP) is 2.27. The predicted molar refractivity (Wildman–Crippen MR) is 83.4 cm³/mol. The Morgan fingerprint density at radius 2 is 2.26 bits per heavy atom. The molecule has 1 atom stereocenters. The maximum Gasteiger partial charge on any atom is 0.246 e. The fraction of sp³-hybridized carbons (Fsp3) is 0.625. The zero-order chi connectivity index (χ0) is 16.1. The SMILES string of the molecule is C[C@H](Cn1cccn1)C(=O)NCc1nc(C2CCCCC2)no1. The highest BCUT2D eigenvalue weighted by molar-refractivity contribution is 5.78. The normalized spacial score (nSPS) is 17.1. The van der Waals surface area contributed by atoms with E-state index in [0.29, 0.717) is 18.4 Å². The highest BCUT2D eigenvalue weighted by atomic mass is 16.5. The van der Waals surface area contributed by atoms with Crippen LogP contribution in [0.4, 0.5) is 0 Å². The second-order valence-corrected chi connectivity index (χ2v) is 6.23. The Morgan fingerprint density at radius 1 is 1.43 bits per heavy atom. The van der Waals surface area contributed by atoms with Gasteiger partial charge in [0.05, 0.1) is 19.0 Å². The van der Waals surface area contributed by atoms with Gasteiger partial charge in [0.15, 0.2) is 5.82 Å². The molecule has 23 heavy (non-hydrogen) atoms. The highest BCUT2D eigenvalue weighted by Gasteiger charge is 2.21. The standard InChI is InChI=1S/C16H23N5O2/c1-12(11-21-9-5-8-18-21)16(22)17-10-14-19-15(20-23-14)13-6-3-2-4-7-13/h5,8-9,12-13H,2-4,6-7,10-11H2,1H3,(H,17,22)/t12-/m1/s1. The van der Waals surface area contributed by atoms with Gasteiger partial charge in [0.25, 0.3) is 0 Å². The summed E-state index contributed by atoms with van der Waals surface area (Å²) in [6.07, 6.45) is 9.57. The molecule has 2 heterocycles. The molecule has 0 spiro atoms. The van der Waals surface area contributed by atoms with E-state index in [1.165, 1.54) is 19.3 Å². The largest absolute Gasteiger partial charge is 0.347 e. The summed E-state index contributed by atoms with van der Waals surface area (Å²) in [6, 6.07) is 1.84. The lowest BCUT2D eigenvalue weighted by Crippen LogP contribution is -2.31. The van der Waals surface area contributed by atoms with Crippen LogP contribution in [0, 0.1) is 5.92 Å². The minimum Gasteiger partial charge on any atom is -0.347 e. The molecule has 0 radical (unpaired) electrons. The third-order valence-electron chi connectivity index (χ3n) is 4.34. The lowest BCUT2D eigenvalue weighted by Gasteiger charge is -2.17. The van der Waals surface area contributed by atoms with E-state index in [1.807, 2.05) is 19.2 Å². The van der Waals surface area contributed by atoms with Crippen molar-refractivity contribution in [2.45, 2.75) is 58.0 Å². The number of carbonyl (C=O) groups excluding carboxylic acids is 1. The molecule has 7 heteroatoms. The van der Waals surface area contributed by atoms with Gasteiger partial charge in [0.2, 0.25) is 11.8 Å². The minimum atomic E-state index is -0.171. The molecule has 0 aromatic carbocycles. The van der Waals surface area contributed by atoms with Gasteiger partial charge in [-0.3, -0.25) is 9.48 Å². The molecule has 7 nitrogen and oxygen atoms in total. The summed E-state index contributed by atoms with van der Waals surface area (Å²) < 4.78 is 7.01. The molecule has 1 saturated carbocycles. The molecule has 124 valence electrons. The monoisotopic (exact) mass is 317 g/mol. The molecule has 2 aromatic heterocycles. The van der Waals surface area contributed by atoms with Crippen LogP contribution in [0.1, 0.15) is 56.7 Å². The van der Waals surface area contributed by atoms with E-state index in [4.69, 9.17) is 4.52 Å². The second kappa shape index (κ2) is 7.39. The number of hydrogen-bond acceptors (Lipinski definition) is 5. The molecular weight excluding hydrogens is 294 g/mol. The Kier molecular flexibility index (Phi) is 5.05. The molecule has 0 aliphatic heterocycles. The molecule has 2 aromatic rings. The van der Waals surface area contributed by atoms with Crippen molar-refractivity contribution in [1.82, 2.24) is 25.2 Å². The van der Waals surface area contributed by atoms with Crippen LogP contribution in [0.3, 0.4) is 0 Å². The van der Waals surface area contributed by atoms with Crippen molar-refractivity contribution in [3.63, 3.8) is 0 Å². The second-order valence-electron chi connectivity index (χ2n) is 6.23. The fourth-order valence-electron chi connectivity index (χ4n) is 2.98. The van der Waals surface area contributed by atoms with Gasteiger partial charge in [-0.25, -0.2) is 0 Å². The summed E-state index contributed by atoms with van der Waals surface area (Å²) in [4.78, 5) is 16.5.